The fourth-order valence-electron chi connectivity index (χ4n) is 4.42. The standard InChI is InChI=1S/C19H30N4O.2ClH/c1-18(2,3)15-12-23-11-13(4-5-16(23)22-15)21-17(24)14-10-19(14)6-8-20-9-7-19;;/h12-14,20H,4-11H2,1-3H3,(H,21,24);2*1H. The van der Waals surface area contributed by atoms with E-state index in [1.54, 1.807) is 0 Å². The molecule has 1 spiro atoms. The number of halogens is 2. The molecule has 1 aliphatic carbocycles. The van der Waals surface area contributed by atoms with Gasteiger partial charge in [0.05, 0.1) is 5.69 Å². The zero-order chi connectivity index (χ0) is 16.9. The van der Waals surface area contributed by atoms with Gasteiger partial charge in [-0.05, 0) is 44.2 Å². The maximum absolute atomic E-state index is 12.7. The second kappa shape index (κ2) is 7.69. The minimum absolute atomic E-state index is 0. The van der Waals surface area contributed by atoms with E-state index in [0.29, 0.717) is 11.3 Å². The molecule has 2 fully saturated rings. The fourth-order valence-corrected chi connectivity index (χ4v) is 4.42. The molecule has 1 saturated carbocycles. The van der Waals surface area contributed by atoms with Gasteiger partial charge in [0.15, 0.2) is 0 Å². The van der Waals surface area contributed by atoms with Crippen LogP contribution in [0.5, 0.6) is 0 Å². The molecular formula is C19H32Cl2N4O. The smallest absolute Gasteiger partial charge is 0.223 e. The van der Waals surface area contributed by atoms with Gasteiger partial charge in [0, 0.05) is 36.5 Å². The van der Waals surface area contributed by atoms with Crippen LogP contribution in [0.15, 0.2) is 6.20 Å². The number of piperidine rings is 1. The number of carbonyl (C=O) groups excluding carboxylic acids is 1. The Hall–Kier alpha value is -0.780. The highest BCUT2D eigenvalue weighted by Gasteiger charge is 2.57. The lowest BCUT2D eigenvalue weighted by Crippen LogP contribution is -2.43. The predicted octanol–water partition coefficient (Wildman–Crippen LogP) is 2.84. The van der Waals surface area contributed by atoms with E-state index in [2.05, 4.69) is 42.2 Å². The Kier molecular flexibility index (Phi) is 6.36. The average Bonchev–Trinajstić information content (AvgIpc) is 3.04. The maximum Gasteiger partial charge on any atom is 0.223 e. The molecule has 148 valence electrons. The summed E-state index contributed by atoms with van der Waals surface area (Å²) >= 11 is 0. The molecule has 2 unspecified atom stereocenters. The SMILES string of the molecule is CC(C)(C)c1cn2c(n1)CCC(NC(=O)C1CC13CCNCC3)C2.Cl.Cl. The first-order chi connectivity index (χ1) is 11.4. The van der Waals surface area contributed by atoms with Crippen LogP contribution in [0.3, 0.4) is 0 Å². The van der Waals surface area contributed by atoms with Gasteiger partial charge in [0.25, 0.3) is 0 Å². The number of nitrogens with one attached hydrogen (secondary N) is 2. The Morgan fingerprint density at radius 1 is 1.31 bits per heavy atom. The summed E-state index contributed by atoms with van der Waals surface area (Å²) in [7, 11) is 0. The van der Waals surface area contributed by atoms with E-state index < -0.39 is 0 Å². The van der Waals surface area contributed by atoms with Gasteiger partial charge in [0.2, 0.25) is 5.91 Å². The molecular weight excluding hydrogens is 371 g/mol. The van der Waals surface area contributed by atoms with Gasteiger partial charge in [-0.2, -0.15) is 0 Å². The summed E-state index contributed by atoms with van der Waals surface area (Å²) in [4.78, 5) is 17.5. The molecule has 3 heterocycles. The summed E-state index contributed by atoms with van der Waals surface area (Å²) in [6, 6.07) is 0.256. The number of amides is 1. The molecule has 0 aromatic carbocycles. The van der Waals surface area contributed by atoms with Crippen molar-refractivity contribution in [3.8, 4) is 0 Å². The first kappa shape index (κ1) is 21.5. The minimum atomic E-state index is 0. The molecule has 4 rings (SSSR count). The van der Waals surface area contributed by atoms with E-state index in [0.717, 1.165) is 57.4 Å². The van der Waals surface area contributed by atoms with E-state index in [4.69, 9.17) is 4.98 Å². The Balaban J connectivity index is 0.00000121. The van der Waals surface area contributed by atoms with E-state index in [9.17, 15) is 4.79 Å². The van der Waals surface area contributed by atoms with Crippen LogP contribution in [-0.4, -0.2) is 34.6 Å². The molecule has 1 saturated heterocycles. The second-order valence-electron chi connectivity index (χ2n) is 9.06. The summed E-state index contributed by atoms with van der Waals surface area (Å²) in [5.74, 6) is 1.72. The molecule has 2 atom stereocenters. The number of carbonyl (C=O) groups is 1. The van der Waals surface area contributed by atoms with Gasteiger partial charge in [-0.25, -0.2) is 4.98 Å². The number of nitrogens with zero attached hydrogens (tertiary/aromatic N) is 2. The van der Waals surface area contributed by atoms with Crippen molar-refractivity contribution in [1.29, 1.82) is 0 Å². The van der Waals surface area contributed by atoms with Crippen LogP contribution in [0.4, 0.5) is 0 Å². The molecule has 1 amide bonds. The van der Waals surface area contributed by atoms with Crippen molar-refractivity contribution in [3.63, 3.8) is 0 Å². The number of aryl methyl sites for hydroxylation is 1. The van der Waals surface area contributed by atoms with Crippen molar-refractivity contribution < 1.29 is 4.79 Å². The van der Waals surface area contributed by atoms with Crippen LogP contribution in [0.1, 0.15) is 58.0 Å². The molecule has 26 heavy (non-hydrogen) atoms. The van der Waals surface area contributed by atoms with Crippen molar-refractivity contribution in [2.45, 2.75) is 70.9 Å². The number of hydrogen-bond donors (Lipinski definition) is 2. The van der Waals surface area contributed by atoms with Gasteiger partial charge < -0.3 is 15.2 Å². The topological polar surface area (TPSA) is 59.0 Å². The summed E-state index contributed by atoms with van der Waals surface area (Å²) in [6.45, 7) is 9.61. The predicted molar refractivity (Wildman–Crippen MR) is 108 cm³/mol. The van der Waals surface area contributed by atoms with Crippen LogP contribution in [-0.2, 0) is 23.2 Å². The lowest BCUT2D eigenvalue weighted by Gasteiger charge is -2.26. The van der Waals surface area contributed by atoms with Crippen molar-refractivity contribution in [3.05, 3.63) is 17.7 Å². The van der Waals surface area contributed by atoms with Gasteiger partial charge in [-0.1, -0.05) is 20.8 Å². The Morgan fingerprint density at radius 3 is 2.65 bits per heavy atom. The number of aromatic nitrogens is 2. The van der Waals surface area contributed by atoms with E-state index in [1.165, 1.54) is 5.82 Å². The summed E-state index contributed by atoms with van der Waals surface area (Å²) in [5.41, 5.74) is 1.56. The van der Waals surface area contributed by atoms with Crippen molar-refractivity contribution in [2.75, 3.05) is 13.1 Å². The summed E-state index contributed by atoms with van der Waals surface area (Å²) in [6.07, 6.45) is 7.57. The fraction of sp³-hybridized carbons (Fsp3) is 0.789. The molecule has 3 aliphatic rings. The molecule has 1 aromatic heterocycles. The van der Waals surface area contributed by atoms with Crippen LogP contribution in [0.2, 0.25) is 0 Å². The molecule has 2 aliphatic heterocycles. The monoisotopic (exact) mass is 402 g/mol. The first-order valence-corrected chi connectivity index (χ1v) is 9.45. The zero-order valence-corrected chi connectivity index (χ0v) is 17.6. The normalized spacial score (nSPS) is 26.3. The number of rotatable bonds is 2. The Bertz CT molecular complexity index is 646. The minimum Gasteiger partial charge on any atom is -0.351 e. The third-order valence-electron chi connectivity index (χ3n) is 6.21. The first-order valence-electron chi connectivity index (χ1n) is 9.45. The number of imidazole rings is 1. The van der Waals surface area contributed by atoms with E-state index >= 15 is 0 Å². The van der Waals surface area contributed by atoms with Crippen molar-refractivity contribution in [1.82, 2.24) is 20.2 Å². The molecule has 0 bridgehead atoms. The third-order valence-corrected chi connectivity index (χ3v) is 6.21. The Morgan fingerprint density at radius 2 is 2.00 bits per heavy atom. The van der Waals surface area contributed by atoms with Gasteiger partial charge in [-0.15, -0.1) is 24.8 Å². The van der Waals surface area contributed by atoms with Crippen molar-refractivity contribution in [2.24, 2.45) is 11.3 Å². The number of hydrogen-bond acceptors (Lipinski definition) is 3. The van der Waals surface area contributed by atoms with Crippen LogP contribution in [0, 0.1) is 11.3 Å². The molecule has 7 heteroatoms. The quantitative estimate of drug-likeness (QED) is 0.799. The lowest BCUT2D eigenvalue weighted by atomic mass is 9.91. The van der Waals surface area contributed by atoms with Gasteiger partial charge >= 0.3 is 0 Å². The highest BCUT2D eigenvalue weighted by atomic mass is 35.5. The highest BCUT2D eigenvalue weighted by Crippen LogP contribution is 2.58. The summed E-state index contributed by atoms with van der Waals surface area (Å²) in [5, 5.41) is 6.74. The lowest BCUT2D eigenvalue weighted by molar-refractivity contribution is -0.124. The second-order valence-corrected chi connectivity index (χ2v) is 9.06. The average molecular weight is 403 g/mol. The zero-order valence-electron chi connectivity index (χ0n) is 16.0. The van der Waals surface area contributed by atoms with E-state index in [1.807, 2.05) is 0 Å². The highest BCUT2D eigenvalue weighted by molar-refractivity contribution is 5.85. The summed E-state index contributed by atoms with van der Waals surface area (Å²) < 4.78 is 2.25. The van der Waals surface area contributed by atoms with Crippen LogP contribution < -0.4 is 10.6 Å². The largest absolute Gasteiger partial charge is 0.351 e. The molecule has 2 N–H and O–H groups in total. The van der Waals surface area contributed by atoms with Crippen LogP contribution >= 0.6 is 24.8 Å². The van der Waals surface area contributed by atoms with E-state index in [-0.39, 0.29) is 42.2 Å². The molecule has 0 radical (unpaired) electrons. The molecule has 5 nitrogen and oxygen atoms in total. The number of fused-ring (bicyclic) bond motifs is 1. The van der Waals surface area contributed by atoms with Gasteiger partial charge in [-0.3, -0.25) is 4.79 Å². The Labute approximate surface area is 168 Å². The van der Waals surface area contributed by atoms with Crippen molar-refractivity contribution >= 4 is 30.7 Å². The third kappa shape index (κ3) is 4.05. The molecule has 1 aromatic rings. The van der Waals surface area contributed by atoms with Crippen LogP contribution in [0.25, 0.3) is 0 Å². The van der Waals surface area contributed by atoms with Gasteiger partial charge in [0.1, 0.15) is 5.82 Å². The maximum atomic E-state index is 12.7.